The van der Waals surface area contributed by atoms with E-state index in [-0.39, 0.29) is 28.4 Å². The number of imide groups is 1. The maximum Gasteiger partial charge on any atom is 0.266 e. The molecule has 0 aliphatic carbocycles. The maximum absolute atomic E-state index is 14.0. The zero-order valence-electron chi connectivity index (χ0n) is 23.1. The summed E-state index contributed by atoms with van der Waals surface area (Å²) < 4.78 is 0. The predicted octanol–water partition coefficient (Wildman–Crippen LogP) is 6.35. The molecule has 6 nitrogen and oxygen atoms in total. The zero-order valence-corrected chi connectivity index (χ0v) is 23.1. The molecule has 0 spiro atoms. The SMILES string of the molecule is Cc1cccc(N2C(=O)[C@@H]3[C@H](ON(c4ccccc4)[C@@H]3c3cc(C(C)(C)C)c(O)c(C(C)(C)C)c3)C2=O)c1. The van der Waals surface area contributed by atoms with Crippen LogP contribution in [0.25, 0.3) is 0 Å². The van der Waals surface area contributed by atoms with E-state index in [0.717, 1.165) is 27.9 Å². The molecule has 2 heterocycles. The first kappa shape index (κ1) is 26.0. The molecule has 5 rings (SSSR count). The van der Waals surface area contributed by atoms with Crippen LogP contribution in [-0.4, -0.2) is 23.0 Å². The first-order valence-corrected chi connectivity index (χ1v) is 13.1. The standard InChI is InChI=1S/C32H36N2O4/c1-19-12-11-15-22(16-19)33-29(36)25-26(34(38-28(25)30(33)37)21-13-9-8-10-14-21)20-17-23(31(2,3)4)27(35)24(18-20)32(5,6)7/h8-18,25-26,28,35H,1-7H3/t25-,26+,28-/m0/s1. The van der Waals surface area contributed by atoms with Gasteiger partial charge < -0.3 is 5.11 Å². The van der Waals surface area contributed by atoms with Crippen LogP contribution in [0.1, 0.15) is 69.8 Å². The van der Waals surface area contributed by atoms with E-state index in [1.54, 1.807) is 11.1 Å². The summed E-state index contributed by atoms with van der Waals surface area (Å²) in [7, 11) is 0. The van der Waals surface area contributed by atoms with Crippen LogP contribution in [0.3, 0.4) is 0 Å². The molecule has 2 amide bonds. The molecule has 2 saturated heterocycles. The Balaban J connectivity index is 1.70. The summed E-state index contributed by atoms with van der Waals surface area (Å²) in [4.78, 5) is 35.3. The smallest absolute Gasteiger partial charge is 0.266 e. The number of anilines is 2. The normalized spacial score (nSPS) is 21.8. The number of aryl methyl sites for hydroxylation is 1. The van der Waals surface area contributed by atoms with Crippen LogP contribution in [0.4, 0.5) is 11.4 Å². The van der Waals surface area contributed by atoms with E-state index in [9.17, 15) is 14.7 Å². The topological polar surface area (TPSA) is 70.1 Å². The number of hydroxylamine groups is 1. The van der Waals surface area contributed by atoms with Gasteiger partial charge in [0.1, 0.15) is 11.7 Å². The lowest BCUT2D eigenvalue weighted by Gasteiger charge is -2.33. The van der Waals surface area contributed by atoms with Crippen molar-refractivity contribution in [3.8, 4) is 5.75 Å². The summed E-state index contributed by atoms with van der Waals surface area (Å²) in [6, 6.07) is 20.4. The summed E-state index contributed by atoms with van der Waals surface area (Å²) in [6.45, 7) is 14.3. The highest BCUT2D eigenvalue weighted by molar-refractivity contribution is 6.24. The van der Waals surface area contributed by atoms with Crippen LogP contribution < -0.4 is 9.96 Å². The van der Waals surface area contributed by atoms with Gasteiger partial charge in [-0.1, -0.05) is 71.9 Å². The largest absolute Gasteiger partial charge is 0.507 e. The lowest BCUT2D eigenvalue weighted by atomic mass is 9.76. The highest BCUT2D eigenvalue weighted by Crippen LogP contribution is 2.50. The molecular weight excluding hydrogens is 476 g/mol. The van der Waals surface area contributed by atoms with Crippen molar-refractivity contribution in [3.63, 3.8) is 0 Å². The Bertz CT molecular complexity index is 1370. The number of para-hydroxylation sites is 1. The summed E-state index contributed by atoms with van der Waals surface area (Å²) in [6.07, 6.45) is -0.946. The minimum absolute atomic E-state index is 0.269. The molecule has 38 heavy (non-hydrogen) atoms. The van der Waals surface area contributed by atoms with Gasteiger partial charge >= 0.3 is 0 Å². The van der Waals surface area contributed by atoms with E-state index in [0.29, 0.717) is 5.69 Å². The molecule has 3 aromatic carbocycles. The predicted molar refractivity (Wildman–Crippen MR) is 149 cm³/mol. The minimum Gasteiger partial charge on any atom is -0.507 e. The summed E-state index contributed by atoms with van der Waals surface area (Å²) in [5.41, 5.74) is 4.01. The van der Waals surface area contributed by atoms with Gasteiger partial charge in [-0.05, 0) is 76.4 Å². The fraction of sp³-hybridized carbons (Fsp3) is 0.375. The van der Waals surface area contributed by atoms with Gasteiger partial charge in [-0.2, -0.15) is 0 Å². The quantitative estimate of drug-likeness (QED) is 0.414. The van der Waals surface area contributed by atoms with Gasteiger partial charge in [0.05, 0.1) is 17.4 Å². The van der Waals surface area contributed by atoms with Crippen LogP contribution in [-0.2, 0) is 25.3 Å². The third-order valence-corrected chi connectivity index (χ3v) is 7.48. The Morgan fingerprint density at radius 3 is 1.89 bits per heavy atom. The van der Waals surface area contributed by atoms with E-state index in [1.165, 1.54) is 4.90 Å². The van der Waals surface area contributed by atoms with Crippen molar-refractivity contribution in [2.45, 2.75) is 71.4 Å². The third-order valence-electron chi connectivity index (χ3n) is 7.48. The second-order valence-corrected chi connectivity index (χ2v) is 12.5. The van der Waals surface area contributed by atoms with Crippen molar-refractivity contribution < 1.29 is 19.5 Å². The average molecular weight is 513 g/mol. The zero-order chi connectivity index (χ0) is 27.6. The number of fused-ring (bicyclic) bond motifs is 1. The van der Waals surface area contributed by atoms with Crippen molar-refractivity contribution in [1.29, 1.82) is 0 Å². The number of benzene rings is 3. The Kier molecular flexibility index (Phi) is 6.14. The first-order chi connectivity index (χ1) is 17.8. The number of carbonyl (C=O) groups excluding carboxylic acids is 2. The van der Waals surface area contributed by atoms with E-state index in [1.807, 2.05) is 67.6 Å². The molecule has 0 unspecified atom stereocenters. The van der Waals surface area contributed by atoms with E-state index < -0.39 is 18.1 Å². The van der Waals surface area contributed by atoms with Crippen molar-refractivity contribution >= 4 is 23.2 Å². The molecule has 2 aliphatic heterocycles. The lowest BCUT2D eigenvalue weighted by molar-refractivity contribution is -0.126. The van der Waals surface area contributed by atoms with E-state index in [4.69, 9.17) is 4.84 Å². The molecule has 6 heteroatoms. The maximum atomic E-state index is 14.0. The highest BCUT2D eigenvalue weighted by Gasteiger charge is 2.60. The van der Waals surface area contributed by atoms with E-state index >= 15 is 0 Å². The van der Waals surface area contributed by atoms with Gasteiger partial charge in [-0.15, -0.1) is 0 Å². The van der Waals surface area contributed by atoms with Crippen LogP contribution in [0, 0.1) is 12.8 Å². The van der Waals surface area contributed by atoms with Gasteiger partial charge in [0, 0.05) is 0 Å². The number of phenolic OH excluding ortho intramolecular Hbond substituents is 1. The molecule has 2 fully saturated rings. The van der Waals surface area contributed by atoms with E-state index in [2.05, 4.69) is 41.5 Å². The first-order valence-electron chi connectivity index (χ1n) is 13.1. The van der Waals surface area contributed by atoms with Gasteiger partial charge in [-0.25, -0.2) is 9.96 Å². The van der Waals surface area contributed by atoms with Crippen LogP contribution in [0.15, 0.2) is 66.7 Å². The van der Waals surface area contributed by atoms with Gasteiger partial charge in [0.25, 0.3) is 5.91 Å². The number of hydrogen-bond donors (Lipinski definition) is 1. The van der Waals surface area contributed by atoms with Crippen molar-refractivity contribution in [1.82, 2.24) is 0 Å². The van der Waals surface area contributed by atoms with Gasteiger partial charge in [0.15, 0.2) is 6.10 Å². The molecule has 0 radical (unpaired) electrons. The van der Waals surface area contributed by atoms with Gasteiger partial charge in [-0.3, -0.25) is 14.4 Å². The number of rotatable bonds is 3. The molecule has 198 valence electrons. The molecule has 3 atom stereocenters. The molecular formula is C32H36N2O4. The number of carbonyl (C=O) groups is 2. The second kappa shape index (κ2) is 8.98. The van der Waals surface area contributed by atoms with Crippen molar-refractivity contribution in [2.75, 3.05) is 9.96 Å². The number of nitrogens with zero attached hydrogens (tertiary/aromatic N) is 2. The second-order valence-electron chi connectivity index (χ2n) is 12.5. The van der Waals surface area contributed by atoms with Crippen LogP contribution >= 0.6 is 0 Å². The Labute approximate surface area is 224 Å². The fourth-order valence-electron chi connectivity index (χ4n) is 5.54. The number of phenols is 1. The molecule has 1 N–H and O–H groups in total. The highest BCUT2D eigenvalue weighted by atomic mass is 16.7. The summed E-state index contributed by atoms with van der Waals surface area (Å²) in [5.74, 6) is -1.12. The molecule has 0 saturated carbocycles. The Morgan fingerprint density at radius 2 is 1.34 bits per heavy atom. The average Bonchev–Trinajstić information content (AvgIpc) is 3.34. The molecule has 2 aliphatic rings. The number of aromatic hydroxyl groups is 1. The number of amides is 2. The van der Waals surface area contributed by atoms with Gasteiger partial charge in [0.2, 0.25) is 5.91 Å². The number of hydrogen-bond acceptors (Lipinski definition) is 5. The monoisotopic (exact) mass is 512 g/mol. The third kappa shape index (κ3) is 4.27. The summed E-state index contributed by atoms with van der Waals surface area (Å²) in [5, 5.41) is 13.0. The summed E-state index contributed by atoms with van der Waals surface area (Å²) >= 11 is 0. The Hall–Kier alpha value is -3.64. The minimum atomic E-state index is -0.946. The van der Waals surface area contributed by atoms with Crippen LogP contribution in [0.2, 0.25) is 0 Å². The lowest BCUT2D eigenvalue weighted by Crippen LogP contribution is -2.37. The fourth-order valence-corrected chi connectivity index (χ4v) is 5.54. The van der Waals surface area contributed by atoms with Crippen molar-refractivity contribution in [3.05, 3.63) is 89.0 Å². The van der Waals surface area contributed by atoms with Crippen molar-refractivity contribution in [2.24, 2.45) is 5.92 Å². The van der Waals surface area contributed by atoms with Crippen LogP contribution in [0.5, 0.6) is 5.75 Å². The molecule has 3 aromatic rings. The Morgan fingerprint density at radius 1 is 0.763 bits per heavy atom. The molecule has 0 bridgehead atoms. The molecule has 0 aromatic heterocycles.